The predicted octanol–water partition coefficient (Wildman–Crippen LogP) is 4.07. The summed E-state index contributed by atoms with van der Waals surface area (Å²) in [4.78, 5) is 24.2. The molecule has 0 saturated heterocycles. The summed E-state index contributed by atoms with van der Waals surface area (Å²) in [5, 5.41) is 12.1. The van der Waals surface area contributed by atoms with Gasteiger partial charge in [0.25, 0.3) is 5.91 Å². The molecule has 0 aliphatic heterocycles. The number of benzene rings is 1. The molecule has 3 N–H and O–H groups in total. The maximum Gasteiger partial charge on any atom is 0.253 e. The number of hydrogen-bond acceptors (Lipinski definition) is 3. The van der Waals surface area contributed by atoms with Crippen LogP contribution < -0.4 is 10.8 Å². The van der Waals surface area contributed by atoms with Crippen molar-refractivity contribution in [2.45, 2.75) is 51.1 Å². The number of aromatic nitrogens is 1. The van der Waals surface area contributed by atoms with Gasteiger partial charge in [-0.1, -0.05) is 18.0 Å². The van der Waals surface area contributed by atoms with Crippen LogP contribution in [0.5, 0.6) is 0 Å². The van der Waals surface area contributed by atoms with Gasteiger partial charge in [-0.05, 0) is 37.8 Å². The first-order valence-electron chi connectivity index (χ1n) is 9.21. The van der Waals surface area contributed by atoms with Crippen molar-refractivity contribution in [1.82, 2.24) is 15.4 Å². The average molecular weight is 426 g/mol. The molecule has 0 bridgehead atoms. The molecular formula is C19H22ClFN3O3P. The number of nitrogens with zero attached hydrogens (tertiary/aromatic N) is 1. The Balaban J connectivity index is 1.86. The zero-order chi connectivity index (χ0) is 20.3. The van der Waals surface area contributed by atoms with Gasteiger partial charge in [-0.25, -0.2) is 9.87 Å². The van der Waals surface area contributed by atoms with Gasteiger partial charge in [-0.2, -0.15) is 0 Å². The first kappa shape index (κ1) is 20.8. The van der Waals surface area contributed by atoms with Gasteiger partial charge < -0.3 is 9.88 Å². The quantitative estimate of drug-likeness (QED) is 0.258. The van der Waals surface area contributed by atoms with E-state index in [0.717, 1.165) is 25.7 Å². The van der Waals surface area contributed by atoms with Crippen molar-refractivity contribution in [1.29, 1.82) is 0 Å². The molecule has 0 radical (unpaired) electrons. The van der Waals surface area contributed by atoms with Crippen LogP contribution >= 0.6 is 20.5 Å². The van der Waals surface area contributed by atoms with Gasteiger partial charge in [-0.15, -0.1) is 8.86 Å². The number of fused-ring (bicyclic) bond motifs is 1. The lowest BCUT2D eigenvalue weighted by Gasteiger charge is -2.15. The van der Waals surface area contributed by atoms with E-state index in [1.807, 2.05) is 4.57 Å². The van der Waals surface area contributed by atoms with Crippen LogP contribution in [-0.2, 0) is 11.3 Å². The van der Waals surface area contributed by atoms with Crippen LogP contribution in [-0.4, -0.2) is 27.6 Å². The van der Waals surface area contributed by atoms with Gasteiger partial charge in [0.2, 0.25) is 5.91 Å². The number of rotatable bonds is 8. The Morgan fingerprint density at radius 2 is 2.04 bits per heavy atom. The number of hydrogen-bond donors (Lipinski definition) is 3. The summed E-state index contributed by atoms with van der Waals surface area (Å²) < 4.78 is 15.9. The van der Waals surface area contributed by atoms with Crippen molar-refractivity contribution in [3.63, 3.8) is 0 Å². The van der Waals surface area contributed by atoms with E-state index in [0.29, 0.717) is 34.4 Å². The minimum Gasteiger partial charge on any atom is -0.349 e. The molecule has 6 nitrogen and oxygen atoms in total. The minimum absolute atomic E-state index is 0.0158. The van der Waals surface area contributed by atoms with Gasteiger partial charge in [0.1, 0.15) is 5.82 Å². The molecule has 1 aromatic carbocycles. The van der Waals surface area contributed by atoms with E-state index >= 15 is 0 Å². The highest BCUT2D eigenvalue weighted by Gasteiger charge is 2.25. The van der Waals surface area contributed by atoms with E-state index in [-0.39, 0.29) is 23.4 Å². The van der Waals surface area contributed by atoms with Crippen molar-refractivity contribution in [3.8, 4) is 0 Å². The Labute approximate surface area is 168 Å². The van der Waals surface area contributed by atoms with Crippen LogP contribution in [0.1, 0.15) is 48.9 Å². The molecule has 150 valence electrons. The number of pyridine rings is 1. The van der Waals surface area contributed by atoms with Crippen LogP contribution in [0.25, 0.3) is 10.9 Å². The average Bonchev–Trinajstić information content (AvgIpc) is 3.48. The summed E-state index contributed by atoms with van der Waals surface area (Å²) in [7, 11) is 3.51. The number of amides is 2. The number of unbranched alkanes of at least 4 members (excludes halogenated alkanes) is 2. The first-order chi connectivity index (χ1) is 13.4. The Kier molecular flexibility index (Phi) is 6.70. The number of nitrogens with one attached hydrogen (secondary N) is 2. The Morgan fingerprint density at radius 3 is 2.71 bits per heavy atom. The van der Waals surface area contributed by atoms with E-state index < -0.39 is 11.7 Å². The molecule has 1 heterocycles. The Hall–Kier alpha value is -1.95. The number of hydroxylamine groups is 1. The summed E-state index contributed by atoms with van der Waals surface area (Å²) in [6, 6.07) is 3.09. The molecule has 9 heteroatoms. The zero-order valence-corrected chi connectivity index (χ0v) is 17.0. The number of carbonyl (C=O) groups is 2. The minimum atomic E-state index is -0.546. The van der Waals surface area contributed by atoms with Crippen LogP contribution in [0, 0.1) is 10.8 Å². The highest BCUT2D eigenvalue weighted by atomic mass is 35.5. The van der Waals surface area contributed by atoms with E-state index in [4.69, 9.17) is 16.8 Å². The fourth-order valence-electron chi connectivity index (χ4n) is 3.06. The molecule has 1 aromatic heterocycles. The lowest BCUT2D eigenvalue weighted by Crippen LogP contribution is -2.26. The van der Waals surface area contributed by atoms with Crippen molar-refractivity contribution in [3.05, 3.63) is 39.7 Å². The van der Waals surface area contributed by atoms with Crippen molar-refractivity contribution in [2.75, 3.05) is 0 Å². The highest BCUT2D eigenvalue weighted by Crippen LogP contribution is 2.27. The Morgan fingerprint density at radius 1 is 1.29 bits per heavy atom. The molecule has 2 amide bonds. The van der Waals surface area contributed by atoms with Gasteiger partial charge >= 0.3 is 0 Å². The second-order valence-corrected chi connectivity index (χ2v) is 7.90. The molecule has 0 spiro atoms. The fraction of sp³-hybridized carbons (Fsp3) is 0.421. The van der Waals surface area contributed by atoms with Gasteiger partial charge in [0.05, 0.1) is 16.1 Å². The van der Waals surface area contributed by atoms with Crippen LogP contribution in [0.15, 0.2) is 18.3 Å². The van der Waals surface area contributed by atoms with Crippen LogP contribution in [0.3, 0.4) is 0 Å². The summed E-state index contributed by atoms with van der Waals surface area (Å²) in [6.07, 6.45) is 6.08. The summed E-state index contributed by atoms with van der Waals surface area (Å²) in [6.45, 7) is 0.579. The maximum absolute atomic E-state index is 14.1. The lowest BCUT2D eigenvalue weighted by atomic mass is 10.1. The molecule has 0 atom stereocenters. The molecule has 28 heavy (non-hydrogen) atoms. The largest absolute Gasteiger partial charge is 0.349 e. The lowest BCUT2D eigenvalue weighted by molar-refractivity contribution is -0.129. The summed E-state index contributed by atoms with van der Waals surface area (Å²) in [5.41, 5.74) is 2.77. The number of aryl methyl sites for hydroxylation is 1. The molecule has 1 aliphatic carbocycles. The van der Waals surface area contributed by atoms with Crippen molar-refractivity contribution >= 4 is 43.2 Å². The first-order valence-corrected chi connectivity index (χ1v) is 10.1. The number of halogens is 2. The molecular weight excluding hydrogens is 404 g/mol. The second kappa shape index (κ2) is 9.03. The zero-order valence-electron chi connectivity index (χ0n) is 15.2. The summed E-state index contributed by atoms with van der Waals surface area (Å²) >= 11 is 5.97. The molecule has 1 aliphatic rings. The van der Waals surface area contributed by atoms with Gasteiger partial charge in [-0.3, -0.25) is 14.8 Å². The smallest absolute Gasteiger partial charge is 0.253 e. The van der Waals surface area contributed by atoms with E-state index in [1.54, 1.807) is 17.7 Å². The third-order valence-corrected chi connectivity index (χ3v) is 5.58. The van der Waals surface area contributed by atoms with Crippen LogP contribution in [0.4, 0.5) is 4.39 Å². The molecule has 3 rings (SSSR count). The Bertz CT molecular complexity index is 975. The van der Waals surface area contributed by atoms with E-state index in [9.17, 15) is 14.0 Å². The van der Waals surface area contributed by atoms with Crippen molar-refractivity contribution in [2.24, 2.45) is 0 Å². The number of carbonyl (C=O) groups excluding carboxylic acids is 2. The second-order valence-electron chi connectivity index (χ2n) is 6.99. The molecule has 1 fully saturated rings. The monoisotopic (exact) mass is 425 g/mol. The van der Waals surface area contributed by atoms with E-state index in [2.05, 4.69) is 14.2 Å². The third kappa shape index (κ3) is 4.90. The molecule has 2 aromatic rings. The molecule has 0 unspecified atom stereocenters. The highest BCUT2D eigenvalue weighted by molar-refractivity contribution is 7.07. The van der Waals surface area contributed by atoms with Gasteiger partial charge in [0, 0.05) is 35.5 Å². The van der Waals surface area contributed by atoms with E-state index in [1.165, 1.54) is 6.07 Å². The molecule has 1 saturated carbocycles. The SMILES string of the molecule is O=C(CCCCCn1cc(C(=O)NC2CC2)c(=P)c2cc(F)c(Cl)cc21)NO. The standard InChI is InChI=1S/C19H22ClFN3O3P/c20-14-9-16-12(8-15(14)21)18(28)13(19(26)22-11-5-6-11)10-24(16)7-3-1-2-4-17(25)23-27/h8-11,27-28H,1-7H2,(H,22,26)(H,23,25). The topological polar surface area (TPSA) is 83.4 Å². The fourth-order valence-corrected chi connectivity index (χ4v) is 3.59. The maximum atomic E-state index is 14.1. The van der Waals surface area contributed by atoms with Crippen molar-refractivity contribution < 1.29 is 19.2 Å². The van der Waals surface area contributed by atoms with Gasteiger partial charge in [0.15, 0.2) is 0 Å². The third-order valence-electron chi connectivity index (χ3n) is 4.76. The predicted molar refractivity (Wildman–Crippen MR) is 107 cm³/mol. The summed E-state index contributed by atoms with van der Waals surface area (Å²) in [5.74, 6) is -1.16. The van der Waals surface area contributed by atoms with Crippen LogP contribution in [0.2, 0.25) is 5.02 Å². The normalized spacial score (nSPS) is 13.5.